The van der Waals surface area contributed by atoms with Crippen LogP contribution in [0.25, 0.3) is 0 Å². The molecule has 0 aromatic heterocycles. The summed E-state index contributed by atoms with van der Waals surface area (Å²) in [6.07, 6.45) is 18.1. The van der Waals surface area contributed by atoms with E-state index >= 15 is 0 Å². The Bertz CT molecular complexity index is 608. The molecule has 0 radical (unpaired) electrons. The van der Waals surface area contributed by atoms with Gasteiger partial charge in [0.25, 0.3) is 0 Å². The van der Waals surface area contributed by atoms with E-state index in [1.165, 1.54) is 10.4 Å². The molecule has 0 atom stereocenters. The Morgan fingerprint density at radius 2 is 0.848 bits per heavy atom. The van der Waals surface area contributed by atoms with Gasteiger partial charge in [-0.3, -0.25) is 21.6 Å². The molecule has 0 N–H and O–H groups in total. The summed E-state index contributed by atoms with van der Waals surface area (Å²) in [5.41, 5.74) is 0. The van der Waals surface area contributed by atoms with E-state index in [-0.39, 0.29) is 35.6 Å². The van der Waals surface area contributed by atoms with Gasteiger partial charge in [0.2, 0.25) is 0 Å². The van der Waals surface area contributed by atoms with Crippen LogP contribution in [0.3, 0.4) is 0 Å². The van der Waals surface area contributed by atoms with Gasteiger partial charge in [-0.05, 0) is 24.2 Å². The normalized spacial score (nSPS) is 15.5. The van der Waals surface area contributed by atoms with Crippen LogP contribution in [0.15, 0.2) is 34.7 Å². The van der Waals surface area contributed by atoms with Gasteiger partial charge in [0, 0.05) is 0 Å². The number of halogens is 2. The van der Waals surface area contributed by atoms with Gasteiger partial charge in [0.1, 0.15) is 16.5 Å². The summed E-state index contributed by atoms with van der Waals surface area (Å²) in [7, 11) is -2.95. The molecule has 0 aromatic carbocycles. The minimum Gasteiger partial charge on any atom is -0.318 e. The van der Waals surface area contributed by atoms with Crippen LogP contribution in [0, 0.1) is 12.2 Å². The second-order valence-corrected chi connectivity index (χ2v) is 19.0. The van der Waals surface area contributed by atoms with E-state index in [1.54, 1.807) is 0 Å². The number of nitrogens with zero attached hydrogens (tertiary/aromatic N) is 2. The molecular weight excluding hydrogens is 526 g/mol. The summed E-state index contributed by atoms with van der Waals surface area (Å²) in [5.74, 6) is 0. The second-order valence-electron chi connectivity index (χ2n) is 10.7. The average molecular weight is 576 g/mol. The van der Waals surface area contributed by atoms with Crippen LogP contribution in [-0.4, -0.2) is 49.8 Å². The molecular formula is C26H50F2N2Si2Zr. The first-order valence-electron chi connectivity index (χ1n) is 11.9. The Morgan fingerprint density at radius 1 is 0.606 bits per heavy atom. The maximum atomic E-state index is 3.51. The summed E-state index contributed by atoms with van der Waals surface area (Å²) < 4.78 is 5.37. The van der Waals surface area contributed by atoms with Crippen molar-refractivity contribution in [2.45, 2.75) is 119 Å². The van der Waals surface area contributed by atoms with Gasteiger partial charge >= 0.3 is 26.2 Å². The maximum absolute atomic E-state index is 3.51. The molecule has 0 fully saturated rings. The predicted molar refractivity (Wildman–Crippen MR) is 145 cm³/mol. The first kappa shape index (κ1) is 37.6. The molecule has 33 heavy (non-hydrogen) atoms. The van der Waals surface area contributed by atoms with Crippen molar-refractivity contribution in [1.82, 2.24) is 9.13 Å². The first-order chi connectivity index (χ1) is 13.7. The molecule has 0 aromatic rings. The smallest absolute Gasteiger partial charge is 0.318 e. The van der Waals surface area contributed by atoms with E-state index in [9.17, 15) is 0 Å². The van der Waals surface area contributed by atoms with Crippen molar-refractivity contribution in [3.8, 4) is 0 Å². The molecule has 2 aliphatic carbocycles. The van der Waals surface area contributed by atoms with Gasteiger partial charge in [-0.25, -0.2) is 22.5 Å². The van der Waals surface area contributed by atoms with Gasteiger partial charge in [-0.1, -0.05) is 81.6 Å². The topological polar surface area (TPSA) is 6.48 Å². The maximum Gasteiger partial charge on any atom is 2.00 e. The van der Waals surface area contributed by atoms with Gasteiger partial charge in [0.15, 0.2) is 0 Å². The number of hydrogen-bond donors (Lipinski definition) is 0. The van der Waals surface area contributed by atoms with Gasteiger partial charge in [-0.2, -0.15) is 12.2 Å². The average Bonchev–Trinajstić information content (AvgIpc) is 3.28. The van der Waals surface area contributed by atoms with Crippen molar-refractivity contribution < 1.29 is 35.6 Å². The molecule has 0 amide bonds. The minimum absolute atomic E-state index is 0. The van der Waals surface area contributed by atoms with E-state index in [1.807, 2.05) is 0 Å². The van der Waals surface area contributed by atoms with E-state index in [0.717, 1.165) is 12.8 Å². The predicted octanol–water partition coefficient (Wildman–Crippen LogP) is 7.38. The minimum atomic E-state index is -1.47. The van der Waals surface area contributed by atoms with Crippen molar-refractivity contribution in [2.24, 2.45) is 0 Å². The largest absolute Gasteiger partial charge is 2.00 e. The van der Waals surface area contributed by atoms with Crippen molar-refractivity contribution >= 4 is 16.5 Å². The van der Waals surface area contributed by atoms with Crippen LogP contribution < -0.4 is 0 Å². The third kappa shape index (κ3) is 9.91. The Hall–Kier alpha value is 0.0569. The van der Waals surface area contributed by atoms with E-state index in [2.05, 4.69) is 127 Å². The molecule has 0 aliphatic heterocycles. The van der Waals surface area contributed by atoms with Gasteiger partial charge < -0.3 is 9.13 Å². The van der Waals surface area contributed by atoms with E-state index in [4.69, 9.17) is 0 Å². The number of rotatable bonds is 8. The third-order valence-electron chi connectivity index (χ3n) is 6.22. The van der Waals surface area contributed by atoms with Crippen molar-refractivity contribution in [3.63, 3.8) is 0 Å². The first-order valence-corrected chi connectivity index (χ1v) is 17.8. The van der Waals surface area contributed by atoms with Crippen LogP contribution in [0.4, 0.5) is 9.41 Å². The van der Waals surface area contributed by atoms with Gasteiger partial charge in [0.05, 0.1) is 0 Å². The molecule has 0 saturated carbocycles. The Labute approximate surface area is 225 Å². The Balaban J connectivity index is -0.000000500. The summed E-state index contributed by atoms with van der Waals surface area (Å²) >= 11 is 0. The van der Waals surface area contributed by atoms with Crippen molar-refractivity contribution in [3.05, 3.63) is 46.8 Å². The molecule has 2 rings (SSSR count). The standard InChI is InChI=1S/2C13H24NSi.2FH.Zr/c2*1-11(2)14(12(3)4)15(5,6)13-9-7-8-10-13;;;/h2*7,9,11-12H,8H2,1-6H3;2*1H;/q2*-1;;;+2. The summed E-state index contributed by atoms with van der Waals surface area (Å²) in [6, 6.07) is 2.48. The molecule has 190 valence electrons. The monoisotopic (exact) mass is 574 g/mol. The van der Waals surface area contributed by atoms with Gasteiger partial charge in [-0.15, -0.1) is 12.8 Å². The Morgan fingerprint density at radius 3 is 1.00 bits per heavy atom. The second kappa shape index (κ2) is 15.9. The zero-order valence-corrected chi connectivity index (χ0v) is 27.7. The zero-order chi connectivity index (χ0) is 23.3. The summed E-state index contributed by atoms with van der Waals surface area (Å²) in [4.78, 5) is 0. The molecule has 0 spiro atoms. The fraction of sp³-hybridized carbons (Fsp3) is 0.692. The van der Waals surface area contributed by atoms with Crippen LogP contribution in [0.1, 0.15) is 68.2 Å². The quantitative estimate of drug-likeness (QED) is 0.220. The fourth-order valence-electron chi connectivity index (χ4n) is 5.70. The van der Waals surface area contributed by atoms with E-state index in [0.29, 0.717) is 24.2 Å². The summed E-state index contributed by atoms with van der Waals surface area (Å²) in [6.45, 7) is 28.1. The van der Waals surface area contributed by atoms with E-state index < -0.39 is 16.5 Å². The van der Waals surface area contributed by atoms with Crippen molar-refractivity contribution in [1.29, 1.82) is 0 Å². The number of allylic oxidation sites excluding steroid dienone is 8. The fourth-order valence-corrected chi connectivity index (χ4v) is 13.5. The van der Waals surface area contributed by atoms with Crippen LogP contribution in [0.2, 0.25) is 26.2 Å². The molecule has 7 heteroatoms. The number of hydrogen-bond acceptors (Lipinski definition) is 2. The molecule has 0 bridgehead atoms. The summed E-state index contributed by atoms with van der Waals surface area (Å²) in [5, 5.41) is 2.95. The van der Waals surface area contributed by atoms with Crippen LogP contribution in [-0.2, 0) is 26.2 Å². The molecule has 0 unspecified atom stereocenters. The molecule has 0 heterocycles. The molecule has 0 saturated heterocycles. The molecule has 2 nitrogen and oxygen atoms in total. The van der Waals surface area contributed by atoms with Crippen LogP contribution >= 0.6 is 0 Å². The molecule has 2 aliphatic rings. The third-order valence-corrected chi connectivity index (χ3v) is 14.2. The van der Waals surface area contributed by atoms with Crippen molar-refractivity contribution in [2.75, 3.05) is 0 Å². The Kier molecular flexibility index (Phi) is 18.2. The van der Waals surface area contributed by atoms with Crippen LogP contribution in [0.5, 0.6) is 0 Å². The zero-order valence-electron chi connectivity index (χ0n) is 23.2. The SMILES string of the molecule is CC(C)N(C(C)C)[Si](C)(C)C1=[C-]CC=C1.CC(C)N(C(C)C)[Si](C)(C)C1=[C-]CC=C1.F.F.[Zr+2].